The van der Waals surface area contributed by atoms with Crippen LogP contribution in [-0.4, -0.2) is 21.6 Å². The maximum absolute atomic E-state index is 4.19. The molecule has 0 amide bonds. The first-order valence-corrected chi connectivity index (χ1v) is 7.60. The highest BCUT2D eigenvalue weighted by Gasteiger charge is 2.32. The van der Waals surface area contributed by atoms with Crippen molar-refractivity contribution in [2.45, 2.75) is 70.0 Å². The Bertz CT molecular complexity index is 360. The minimum absolute atomic E-state index is 0.633. The van der Waals surface area contributed by atoms with E-state index in [1.165, 1.54) is 44.9 Å². The lowest BCUT2D eigenvalue weighted by atomic mass is 10.0. The lowest BCUT2D eigenvalue weighted by Gasteiger charge is -2.25. The zero-order valence-corrected chi connectivity index (χ0v) is 11.4. The fourth-order valence-corrected chi connectivity index (χ4v) is 3.86. The van der Waals surface area contributed by atoms with E-state index in [4.69, 9.17) is 0 Å². The number of aromatic nitrogens is 2. The minimum Gasteiger partial charge on any atom is -0.333 e. The summed E-state index contributed by atoms with van der Waals surface area (Å²) in [7, 11) is 0. The standard InChI is InChI=1S/C15H25N3/c1-2-12-6-7-13(10-12)17-14-4-3-5-15(14)18-9-8-16-11-18/h8-9,11-15,17H,2-7,10H2,1H3. The first-order valence-electron chi connectivity index (χ1n) is 7.60. The molecule has 18 heavy (non-hydrogen) atoms. The van der Waals surface area contributed by atoms with Gasteiger partial charge in [-0.15, -0.1) is 0 Å². The fourth-order valence-electron chi connectivity index (χ4n) is 3.86. The summed E-state index contributed by atoms with van der Waals surface area (Å²) in [5, 5.41) is 3.93. The van der Waals surface area contributed by atoms with Gasteiger partial charge in [0.15, 0.2) is 0 Å². The first kappa shape index (κ1) is 12.2. The average molecular weight is 247 g/mol. The van der Waals surface area contributed by atoms with Gasteiger partial charge in [-0.25, -0.2) is 4.98 Å². The molecule has 2 aliphatic carbocycles. The number of nitrogens with zero attached hydrogens (tertiary/aromatic N) is 2. The predicted molar refractivity (Wildman–Crippen MR) is 73.5 cm³/mol. The quantitative estimate of drug-likeness (QED) is 0.886. The van der Waals surface area contributed by atoms with Crippen LogP contribution in [0.5, 0.6) is 0 Å². The molecule has 0 radical (unpaired) electrons. The van der Waals surface area contributed by atoms with E-state index >= 15 is 0 Å². The van der Waals surface area contributed by atoms with Crippen molar-refractivity contribution in [3.05, 3.63) is 18.7 Å². The highest BCUT2D eigenvalue weighted by Crippen LogP contribution is 2.33. The van der Waals surface area contributed by atoms with Crippen molar-refractivity contribution in [2.24, 2.45) is 5.92 Å². The van der Waals surface area contributed by atoms with Crippen molar-refractivity contribution >= 4 is 0 Å². The van der Waals surface area contributed by atoms with Gasteiger partial charge in [0.2, 0.25) is 0 Å². The van der Waals surface area contributed by atoms with Crippen LogP contribution in [0.25, 0.3) is 0 Å². The maximum Gasteiger partial charge on any atom is 0.0949 e. The molecule has 3 heteroatoms. The second-order valence-electron chi connectivity index (χ2n) is 6.07. The van der Waals surface area contributed by atoms with Crippen molar-refractivity contribution in [1.82, 2.24) is 14.9 Å². The molecular weight excluding hydrogens is 222 g/mol. The zero-order valence-electron chi connectivity index (χ0n) is 11.4. The molecule has 3 rings (SSSR count). The van der Waals surface area contributed by atoms with E-state index in [2.05, 4.69) is 28.0 Å². The van der Waals surface area contributed by atoms with Gasteiger partial charge >= 0.3 is 0 Å². The SMILES string of the molecule is CCC1CCC(NC2CCCC2n2ccnc2)C1. The molecule has 0 spiro atoms. The lowest BCUT2D eigenvalue weighted by molar-refractivity contribution is 0.345. The van der Waals surface area contributed by atoms with E-state index in [0.29, 0.717) is 12.1 Å². The van der Waals surface area contributed by atoms with E-state index in [1.54, 1.807) is 0 Å². The van der Waals surface area contributed by atoms with Crippen LogP contribution in [-0.2, 0) is 0 Å². The van der Waals surface area contributed by atoms with Crippen LogP contribution in [0, 0.1) is 5.92 Å². The lowest BCUT2D eigenvalue weighted by Crippen LogP contribution is -2.39. The van der Waals surface area contributed by atoms with E-state index in [0.717, 1.165) is 12.0 Å². The van der Waals surface area contributed by atoms with Crippen molar-refractivity contribution < 1.29 is 0 Å². The molecule has 2 aliphatic rings. The Morgan fingerprint density at radius 3 is 2.94 bits per heavy atom. The summed E-state index contributed by atoms with van der Waals surface area (Å²) in [5.41, 5.74) is 0. The molecule has 3 nitrogen and oxygen atoms in total. The Hall–Kier alpha value is -0.830. The predicted octanol–water partition coefficient (Wildman–Crippen LogP) is 3.15. The van der Waals surface area contributed by atoms with Crippen LogP contribution in [0.15, 0.2) is 18.7 Å². The van der Waals surface area contributed by atoms with Crippen molar-refractivity contribution in [3.8, 4) is 0 Å². The van der Waals surface area contributed by atoms with Gasteiger partial charge in [-0.1, -0.05) is 13.3 Å². The third kappa shape index (κ3) is 2.46. The third-order valence-electron chi connectivity index (χ3n) is 4.96. The number of rotatable bonds is 4. The van der Waals surface area contributed by atoms with Gasteiger partial charge in [0.1, 0.15) is 0 Å². The maximum atomic E-state index is 4.19. The molecule has 100 valence electrons. The van der Waals surface area contributed by atoms with Crippen molar-refractivity contribution in [1.29, 1.82) is 0 Å². The number of imidazole rings is 1. The monoisotopic (exact) mass is 247 g/mol. The molecule has 1 aromatic heterocycles. The van der Waals surface area contributed by atoms with Crippen LogP contribution in [0.3, 0.4) is 0 Å². The van der Waals surface area contributed by atoms with Crippen LogP contribution < -0.4 is 5.32 Å². The summed E-state index contributed by atoms with van der Waals surface area (Å²) < 4.78 is 2.30. The molecule has 0 saturated heterocycles. The Morgan fingerprint density at radius 2 is 2.22 bits per heavy atom. The smallest absolute Gasteiger partial charge is 0.0949 e. The van der Waals surface area contributed by atoms with Gasteiger partial charge in [0.05, 0.1) is 6.33 Å². The summed E-state index contributed by atoms with van der Waals surface area (Å²) >= 11 is 0. The molecule has 1 N–H and O–H groups in total. The van der Waals surface area contributed by atoms with Gasteiger partial charge in [-0.3, -0.25) is 0 Å². The normalized spacial score (nSPS) is 36.3. The molecule has 4 atom stereocenters. The van der Waals surface area contributed by atoms with Gasteiger partial charge in [0, 0.05) is 30.5 Å². The Balaban J connectivity index is 1.59. The molecule has 0 aliphatic heterocycles. The Morgan fingerprint density at radius 1 is 1.28 bits per heavy atom. The van der Waals surface area contributed by atoms with E-state index in [9.17, 15) is 0 Å². The van der Waals surface area contributed by atoms with Crippen LogP contribution in [0.4, 0.5) is 0 Å². The van der Waals surface area contributed by atoms with Gasteiger partial charge < -0.3 is 9.88 Å². The zero-order chi connectivity index (χ0) is 12.4. The molecule has 2 saturated carbocycles. The number of hydrogen-bond acceptors (Lipinski definition) is 2. The molecule has 2 fully saturated rings. The average Bonchev–Trinajstić information content (AvgIpc) is 3.09. The van der Waals surface area contributed by atoms with Crippen LogP contribution in [0.2, 0.25) is 0 Å². The Kier molecular flexibility index (Phi) is 3.69. The molecule has 0 bridgehead atoms. The molecule has 1 heterocycles. The Labute approximate surface area is 110 Å². The largest absolute Gasteiger partial charge is 0.333 e. The van der Waals surface area contributed by atoms with Gasteiger partial charge in [0.25, 0.3) is 0 Å². The molecular formula is C15H25N3. The van der Waals surface area contributed by atoms with E-state index in [-0.39, 0.29) is 0 Å². The van der Waals surface area contributed by atoms with Crippen molar-refractivity contribution in [2.75, 3.05) is 0 Å². The molecule has 0 aromatic carbocycles. The van der Waals surface area contributed by atoms with Gasteiger partial charge in [-0.05, 0) is 44.4 Å². The second-order valence-corrected chi connectivity index (χ2v) is 6.07. The third-order valence-corrected chi connectivity index (χ3v) is 4.96. The van der Waals surface area contributed by atoms with Crippen LogP contribution in [0.1, 0.15) is 57.9 Å². The molecule has 4 unspecified atom stereocenters. The van der Waals surface area contributed by atoms with Gasteiger partial charge in [-0.2, -0.15) is 0 Å². The van der Waals surface area contributed by atoms with E-state index in [1.807, 2.05) is 12.5 Å². The van der Waals surface area contributed by atoms with E-state index < -0.39 is 0 Å². The number of hydrogen-bond donors (Lipinski definition) is 1. The summed E-state index contributed by atoms with van der Waals surface area (Å²) in [6.07, 6.45) is 15.5. The van der Waals surface area contributed by atoms with Crippen molar-refractivity contribution in [3.63, 3.8) is 0 Å². The highest BCUT2D eigenvalue weighted by atomic mass is 15.1. The highest BCUT2D eigenvalue weighted by molar-refractivity contribution is 4.94. The second kappa shape index (κ2) is 5.43. The topological polar surface area (TPSA) is 29.9 Å². The first-order chi connectivity index (χ1) is 8.86. The summed E-state index contributed by atoms with van der Waals surface area (Å²) in [4.78, 5) is 4.19. The number of nitrogens with one attached hydrogen (secondary N) is 1. The van der Waals surface area contributed by atoms with Crippen LogP contribution >= 0.6 is 0 Å². The summed E-state index contributed by atoms with van der Waals surface area (Å²) in [6, 6.07) is 2.07. The summed E-state index contributed by atoms with van der Waals surface area (Å²) in [6.45, 7) is 2.33. The fraction of sp³-hybridized carbons (Fsp3) is 0.800. The summed E-state index contributed by atoms with van der Waals surface area (Å²) in [5.74, 6) is 0.968. The molecule has 1 aromatic rings. The minimum atomic E-state index is 0.633.